The zero-order valence-electron chi connectivity index (χ0n) is 14.9. The number of rotatable bonds is 9. The number of hydrogen-bond donors (Lipinski definition) is 1. The van der Waals surface area contributed by atoms with Crippen LogP contribution in [0.25, 0.3) is 0 Å². The van der Waals surface area contributed by atoms with E-state index in [9.17, 15) is 19.2 Å². The third-order valence-electron chi connectivity index (χ3n) is 4.60. The molecule has 0 bridgehead atoms. The first kappa shape index (κ1) is 21.1. The summed E-state index contributed by atoms with van der Waals surface area (Å²) in [5.74, 6) is -1.56. The van der Waals surface area contributed by atoms with Crippen LogP contribution in [0.15, 0.2) is 18.2 Å². The summed E-state index contributed by atoms with van der Waals surface area (Å²) in [6, 6.07) is 3.77. The fourth-order valence-corrected chi connectivity index (χ4v) is 3.92. The molecule has 150 valence electrons. The summed E-state index contributed by atoms with van der Waals surface area (Å²) in [6.07, 6.45) is 2.99. The molecule has 1 aromatic carbocycles. The fourth-order valence-electron chi connectivity index (χ4n) is 3.20. The van der Waals surface area contributed by atoms with Gasteiger partial charge in [-0.3, -0.25) is 29.4 Å². The number of halogens is 1. The average molecular weight is 518 g/mol. The second-order valence-corrected chi connectivity index (χ2v) is 7.89. The third kappa shape index (κ3) is 4.66. The summed E-state index contributed by atoms with van der Waals surface area (Å²) < 4.78 is 10.9. The molecular formula is C18H19IN2O6S. The van der Waals surface area contributed by atoms with Crippen molar-refractivity contribution in [3.63, 3.8) is 0 Å². The van der Waals surface area contributed by atoms with Crippen LogP contribution >= 0.6 is 30.4 Å². The van der Waals surface area contributed by atoms with Crippen LogP contribution in [-0.2, 0) is 13.8 Å². The number of amides is 4. The first-order valence-corrected chi connectivity index (χ1v) is 12.2. The molecule has 2 heterocycles. The van der Waals surface area contributed by atoms with E-state index in [1.54, 1.807) is 12.1 Å². The number of carbonyl (C=O) groups is 4. The van der Waals surface area contributed by atoms with Gasteiger partial charge in [-0.15, -0.1) is 0 Å². The molecule has 1 aromatic rings. The van der Waals surface area contributed by atoms with E-state index in [0.29, 0.717) is 19.0 Å². The van der Waals surface area contributed by atoms with Gasteiger partial charge in [0.15, 0.2) is 0 Å². The molecule has 1 fully saturated rings. The van der Waals surface area contributed by atoms with Gasteiger partial charge in [-0.2, -0.15) is 0 Å². The zero-order chi connectivity index (χ0) is 20.1. The number of fused-ring (bicyclic) bond motifs is 1. The van der Waals surface area contributed by atoms with Gasteiger partial charge in [0.25, 0.3) is 11.8 Å². The van der Waals surface area contributed by atoms with Gasteiger partial charge in [-0.05, 0) is 43.9 Å². The Bertz CT molecular complexity index is 802. The van der Waals surface area contributed by atoms with Gasteiger partial charge in [-0.25, -0.2) is 0 Å². The van der Waals surface area contributed by atoms with Crippen LogP contribution in [0.1, 0.15) is 52.8 Å². The molecule has 10 heteroatoms. The third-order valence-corrected chi connectivity index (χ3v) is 5.62. The molecule has 0 radical (unpaired) electrons. The lowest BCUT2D eigenvalue weighted by Crippen LogP contribution is -2.54. The summed E-state index contributed by atoms with van der Waals surface area (Å²) in [5.41, 5.74) is 0.468. The first-order valence-electron chi connectivity index (χ1n) is 8.91. The normalized spacial score (nSPS) is 19.0. The second-order valence-electron chi connectivity index (χ2n) is 6.45. The molecule has 0 saturated carbocycles. The molecule has 1 saturated heterocycles. The quantitative estimate of drug-likeness (QED) is 0.232. The van der Waals surface area contributed by atoms with Crippen molar-refractivity contribution in [3.8, 4) is 5.75 Å². The Balaban J connectivity index is 1.60. The molecule has 1 unspecified atom stereocenters. The number of imide groups is 2. The topological polar surface area (TPSA) is 102 Å². The Kier molecular flexibility index (Phi) is 7.30. The van der Waals surface area contributed by atoms with Crippen molar-refractivity contribution >= 4 is 54.0 Å². The van der Waals surface area contributed by atoms with Crippen LogP contribution in [0.5, 0.6) is 5.75 Å². The maximum atomic E-state index is 12.7. The number of carbonyl (C=O) groups excluding carboxylic acids is 4. The smallest absolute Gasteiger partial charge is 0.262 e. The lowest BCUT2D eigenvalue weighted by molar-refractivity contribution is -0.136. The number of ether oxygens (including phenoxy) is 1. The molecule has 0 aromatic heterocycles. The number of piperidine rings is 1. The SMILES string of the molecule is O=C1CCC(N2C(=O)c3ccc(OCCCCCOSI)cc3C2=O)C(=O)N1. The van der Waals surface area contributed by atoms with Gasteiger partial charge < -0.3 is 8.92 Å². The predicted octanol–water partition coefficient (Wildman–Crippen LogP) is 2.65. The molecule has 4 amide bonds. The van der Waals surface area contributed by atoms with Crippen LogP contribution in [0.3, 0.4) is 0 Å². The molecule has 0 aliphatic carbocycles. The van der Waals surface area contributed by atoms with E-state index in [1.165, 1.54) is 15.3 Å². The highest BCUT2D eigenvalue weighted by molar-refractivity contribution is 14.2. The van der Waals surface area contributed by atoms with Crippen LogP contribution < -0.4 is 10.1 Å². The van der Waals surface area contributed by atoms with E-state index in [1.807, 2.05) is 0 Å². The minimum Gasteiger partial charge on any atom is -0.494 e. The summed E-state index contributed by atoms with van der Waals surface area (Å²) >= 11 is 2.08. The van der Waals surface area contributed by atoms with Crippen molar-refractivity contribution in [2.24, 2.45) is 0 Å². The zero-order valence-corrected chi connectivity index (χ0v) is 17.9. The van der Waals surface area contributed by atoms with Crippen LogP contribution in [0.4, 0.5) is 0 Å². The van der Waals surface area contributed by atoms with E-state index in [2.05, 4.69) is 26.5 Å². The number of nitrogens with zero attached hydrogens (tertiary/aromatic N) is 1. The minimum absolute atomic E-state index is 0.0970. The van der Waals surface area contributed by atoms with Crippen molar-refractivity contribution in [1.29, 1.82) is 0 Å². The Morgan fingerprint density at radius 3 is 2.57 bits per heavy atom. The van der Waals surface area contributed by atoms with E-state index in [-0.39, 0.29) is 24.0 Å². The van der Waals surface area contributed by atoms with E-state index < -0.39 is 29.7 Å². The average Bonchev–Trinajstić information content (AvgIpc) is 2.92. The van der Waals surface area contributed by atoms with E-state index in [0.717, 1.165) is 24.2 Å². The Morgan fingerprint density at radius 2 is 1.82 bits per heavy atom. The highest BCUT2D eigenvalue weighted by Crippen LogP contribution is 2.30. The molecule has 2 aliphatic heterocycles. The number of nitrogens with one attached hydrogen (secondary N) is 1. The highest BCUT2D eigenvalue weighted by Gasteiger charge is 2.44. The van der Waals surface area contributed by atoms with E-state index >= 15 is 0 Å². The fraction of sp³-hybridized carbons (Fsp3) is 0.444. The minimum atomic E-state index is -0.961. The Labute approximate surface area is 178 Å². The van der Waals surface area contributed by atoms with Gasteiger partial charge in [-0.1, -0.05) is 0 Å². The van der Waals surface area contributed by atoms with Gasteiger partial charge in [0.2, 0.25) is 11.8 Å². The molecular weight excluding hydrogens is 499 g/mol. The molecule has 3 rings (SSSR count). The molecule has 28 heavy (non-hydrogen) atoms. The summed E-state index contributed by atoms with van der Waals surface area (Å²) in [4.78, 5) is 49.7. The summed E-state index contributed by atoms with van der Waals surface area (Å²) in [5, 5.41) is 2.18. The molecule has 2 aliphatic rings. The van der Waals surface area contributed by atoms with Crippen molar-refractivity contribution in [2.45, 2.75) is 38.1 Å². The number of hydrogen-bond acceptors (Lipinski definition) is 7. The lowest BCUT2D eigenvalue weighted by Gasteiger charge is -2.27. The van der Waals surface area contributed by atoms with Crippen molar-refractivity contribution in [2.75, 3.05) is 13.2 Å². The van der Waals surface area contributed by atoms with Gasteiger partial charge >= 0.3 is 0 Å². The van der Waals surface area contributed by atoms with Crippen molar-refractivity contribution < 1.29 is 28.1 Å². The largest absolute Gasteiger partial charge is 0.494 e. The second kappa shape index (κ2) is 9.70. The first-order chi connectivity index (χ1) is 13.5. The van der Waals surface area contributed by atoms with Crippen LogP contribution in [-0.4, -0.2) is 47.8 Å². The lowest BCUT2D eigenvalue weighted by atomic mass is 10.0. The Morgan fingerprint density at radius 1 is 1.07 bits per heavy atom. The maximum Gasteiger partial charge on any atom is 0.262 e. The van der Waals surface area contributed by atoms with Crippen molar-refractivity contribution in [1.82, 2.24) is 10.2 Å². The van der Waals surface area contributed by atoms with Crippen molar-refractivity contribution in [3.05, 3.63) is 29.3 Å². The molecule has 0 spiro atoms. The molecule has 1 N–H and O–H groups in total. The number of benzene rings is 1. The van der Waals surface area contributed by atoms with Crippen LogP contribution in [0, 0.1) is 0 Å². The Hall–Kier alpha value is -1.66. The van der Waals surface area contributed by atoms with Crippen LogP contribution in [0.2, 0.25) is 0 Å². The van der Waals surface area contributed by atoms with Gasteiger partial charge in [0.05, 0.1) is 33.6 Å². The predicted molar refractivity (Wildman–Crippen MR) is 110 cm³/mol. The van der Waals surface area contributed by atoms with Gasteiger partial charge in [0, 0.05) is 27.6 Å². The molecule has 1 atom stereocenters. The maximum absolute atomic E-state index is 12.7. The van der Waals surface area contributed by atoms with E-state index in [4.69, 9.17) is 8.92 Å². The molecule has 8 nitrogen and oxygen atoms in total. The highest BCUT2D eigenvalue weighted by atomic mass is 127. The monoisotopic (exact) mass is 518 g/mol. The summed E-state index contributed by atoms with van der Waals surface area (Å²) in [6.45, 7) is 1.19. The standard InChI is InChI=1S/C18H19IN2O6S/c19-28-27-9-3-1-2-8-26-11-4-5-12-13(10-11)18(25)21(17(12)24)14-6-7-15(22)20-16(14)23/h4-5,10,14H,1-3,6-9H2,(H,20,22,23). The summed E-state index contributed by atoms with van der Waals surface area (Å²) in [7, 11) is 1.32. The number of unbranched alkanes of at least 4 members (excludes halogenated alkanes) is 2. The van der Waals surface area contributed by atoms with Gasteiger partial charge in [0.1, 0.15) is 11.8 Å².